The van der Waals surface area contributed by atoms with Crippen LogP contribution in [0.25, 0.3) is 10.8 Å². The van der Waals surface area contributed by atoms with Crippen molar-refractivity contribution in [2.24, 2.45) is 11.3 Å². The SMILES string of the molecule is CN1C(=O)C[C@@H](C(=O)N2CCC3(CCN(C(=O)Nc4cccc5ccccc45)CC3)C2)[C@@H]1c1cccnc1. The average Bonchev–Trinajstić information content (AvgIpc) is 3.49. The molecule has 8 nitrogen and oxygen atoms in total. The molecule has 0 unspecified atom stereocenters. The molecule has 1 N–H and O–H groups in total. The molecule has 0 radical (unpaired) electrons. The zero-order valence-corrected chi connectivity index (χ0v) is 21.7. The highest BCUT2D eigenvalue weighted by molar-refractivity contribution is 6.01. The van der Waals surface area contributed by atoms with E-state index >= 15 is 0 Å². The first-order valence-corrected chi connectivity index (χ1v) is 13.4. The summed E-state index contributed by atoms with van der Waals surface area (Å²) in [5, 5.41) is 5.23. The monoisotopic (exact) mass is 511 g/mol. The molecule has 2 aromatic carbocycles. The first kappa shape index (κ1) is 24.4. The Morgan fingerprint density at radius 1 is 0.947 bits per heavy atom. The number of anilines is 1. The van der Waals surface area contributed by atoms with Crippen molar-refractivity contribution in [3.8, 4) is 0 Å². The summed E-state index contributed by atoms with van der Waals surface area (Å²) in [5.74, 6) is -0.334. The predicted molar refractivity (Wildman–Crippen MR) is 145 cm³/mol. The largest absolute Gasteiger partial charge is 0.342 e. The Hall–Kier alpha value is -3.94. The van der Waals surface area contributed by atoms with Crippen molar-refractivity contribution in [1.82, 2.24) is 19.7 Å². The fourth-order valence-electron chi connectivity index (χ4n) is 6.58. The number of amides is 4. The normalized spacial score (nSPS) is 22.9. The van der Waals surface area contributed by atoms with Gasteiger partial charge >= 0.3 is 6.03 Å². The van der Waals surface area contributed by atoms with Gasteiger partial charge in [-0.05, 0) is 47.8 Å². The maximum Gasteiger partial charge on any atom is 0.321 e. The molecular weight excluding hydrogens is 478 g/mol. The third-order valence-corrected chi connectivity index (χ3v) is 8.82. The molecule has 0 aliphatic carbocycles. The molecule has 38 heavy (non-hydrogen) atoms. The fourth-order valence-corrected chi connectivity index (χ4v) is 6.58. The van der Waals surface area contributed by atoms with Crippen molar-refractivity contribution in [3.05, 3.63) is 72.6 Å². The van der Waals surface area contributed by atoms with E-state index in [-0.39, 0.29) is 35.7 Å². The third-order valence-electron chi connectivity index (χ3n) is 8.82. The second kappa shape index (κ2) is 9.74. The van der Waals surface area contributed by atoms with Gasteiger partial charge in [-0.15, -0.1) is 0 Å². The number of nitrogens with one attached hydrogen (secondary N) is 1. The van der Waals surface area contributed by atoms with Gasteiger partial charge in [0, 0.05) is 57.4 Å². The number of piperidine rings is 1. The van der Waals surface area contributed by atoms with Crippen LogP contribution >= 0.6 is 0 Å². The minimum Gasteiger partial charge on any atom is -0.342 e. The van der Waals surface area contributed by atoms with E-state index in [1.54, 1.807) is 24.3 Å². The lowest BCUT2D eigenvalue weighted by atomic mass is 9.78. The number of likely N-dealkylation sites (tertiary alicyclic amines) is 3. The standard InChI is InChI=1S/C30H33N5O3/c1-33-26(36)18-24(27(33)22-8-5-14-31-19-22)28(37)35-17-13-30(20-35)11-15-34(16-12-30)29(38)32-25-10-4-7-21-6-2-3-9-23(21)25/h2-10,14,19,24,27H,11-13,15-18,20H2,1H3,(H,32,38)/t24-,27+/m1/s1. The van der Waals surface area contributed by atoms with Crippen LogP contribution in [0.3, 0.4) is 0 Å². The molecule has 6 rings (SSSR count). The average molecular weight is 512 g/mol. The number of carbonyl (C=O) groups is 3. The summed E-state index contributed by atoms with van der Waals surface area (Å²) in [6, 6.07) is 17.4. The molecule has 3 fully saturated rings. The number of benzene rings is 2. The van der Waals surface area contributed by atoms with E-state index in [1.807, 2.05) is 64.4 Å². The van der Waals surface area contributed by atoms with Crippen molar-refractivity contribution in [2.75, 3.05) is 38.5 Å². The van der Waals surface area contributed by atoms with E-state index in [9.17, 15) is 14.4 Å². The Kier molecular flexibility index (Phi) is 6.26. The molecular formula is C30H33N5O3. The van der Waals surface area contributed by atoms with Crippen molar-refractivity contribution < 1.29 is 14.4 Å². The smallest absolute Gasteiger partial charge is 0.321 e. The highest BCUT2D eigenvalue weighted by Crippen LogP contribution is 2.43. The minimum absolute atomic E-state index is 0.00312. The number of aromatic nitrogens is 1. The van der Waals surface area contributed by atoms with Crippen LogP contribution in [0.2, 0.25) is 0 Å². The zero-order valence-electron chi connectivity index (χ0n) is 21.7. The van der Waals surface area contributed by atoms with Crippen LogP contribution in [0.5, 0.6) is 0 Å². The van der Waals surface area contributed by atoms with Gasteiger partial charge in [-0.1, -0.05) is 42.5 Å². The summed E-state index contributed by atoms with van der Waals surface area (Å²) >= 11 is 0. The lowest BCUT2D eigenvalue weighted by Crippen LogP contribution is -2.46. The number of carbonyl (C=O) groups excluding carboxylic acids is 3. The van der Waals surface area contributed by atoms with Crippen molar-refractivity contribution in [3.63, 3.8) is 0 Å². The molecule has 196 valence electrons. The Morgan fingerprint density at radius 2 is 1.68 bits per heavy atom. The van der Waals surface area contributed by atoms with Crippen LogP contribution in [0.15, 0.2) is 67.0 Å². The molecule has 4 heterocycles. The van der Waals surface area contributed by atoms with Crippen LogP contribution < -0.4 is 5.32 Å². The van der Waals surface area contributed by atoms with Gasteiger partial charge < -0.3 is 20.0 Å². The summed E-state index contributed by atoms with van der Waals surface area (Å²) in [4.78, 5) is 49.1. The summed E-state index contributed by atoms with van der Waals surface area (Å²) in [6.45, 7) is 2.73. The molecule has 3 aliphatic heterocycles. The molecule has 1 aromatic heterocycles. The number of pyridine rings is 1. The highest BCUT2D eigenvalue weighted by Gasteiger charge is 2.48. The van der Waals surface area contributed by atoms with Crippen LogP contribution in [0.1, 0.15) is 37.3 Å². The van der Waals surface area contributed by atoms with E-state index in [0.717, 1.165) is 41.3 Å². The van der Waals surface area contributed by atoms with Crippen LogP contribution in [0.4, 0.5) is 10.5 Å². The topological polar surface area (TPSA) is 85.9 Å². The first-order chi connectivity index (χ1) is 18.4. The number of fused-ring (bicyclic) bond motifs is 1. The summed E-state index contributed by atoms with van der Waals surface area (Å²) in [5.41, 5.74) is 1.76. The van der Waals surface area contributed by atoms with E-state index in [4.69, 9.17) is 0 Å². The Morgan fingerprint density at radius 3 is 2.45 bits per heavy atom. The van der Waals surface area contributed by atoms with E-state index in [0.29, 0.717) is 26.2 Å². The van der Waals surface area contributed by atoms with E-state index in [1.165, 1.54) is 0 Å². The van der Waals surface area contributed by atoms with Gasteiger partial charge in [-0.25, -0.2) is 4.79 Å². The Labute approximate surface area is 222 Å². The fraction of sp³-hybridized carbons (Fsp3) is 0.400. The number of hydrogen-bond donors (Lipinski definition) is 1. The highest BCUT2D eigenvalue weighted by atomic mass is 16.2. The van der Waals surface area contributed by atoms with Crippen LogP contribution in [0, 0.1) is 11.3 Å². The zero-order chi connectivity index (χ0) is 26.3. The summed E-state index contributed by atoms with van der Waals surface area (Å²) in [7, 11) is 1.78. The second-order valence-corrected chi connectivity index (χ2v) is 11.0. The Bertz CT molecular complexity index is 1360. The number of urea groups is 1. The lowest BCUT2D eigenvalue weighted by Gasteiger charge is -2.39. The molecule has 1 spiro atoms. The van der Waals surface area contributed by atoms with Crippen molar-refractivity contribution in [2.45, 2.75) is 31.7 Å². The maximum absolute atomic E-state index is 13.7. The van der Waals surface area contributed by atoms with Crippen molar-refractivity contribution in [1.29, 1.82) is 0 Å². The van der Waals surface area contributed by atoms with Gasteiger partial charge in [0.25, 0.3) is 0 Å². The van der Waals surface area contributed by atoms with Gasteiger partial charge in [0.1, 0.15) is 0 Å². The first-order valence-electron chi connectivity index (χ1n) is 13.4. The summed E-state index contributed by atoms with van der Waals surface area (Å²) < 4.78 is 0. The quantitative estimate of drug-likeness (QED) is 0.568. The molecule has 0 bridgehead atoms. The second-order valence-electron chi connectivity index (χ2n) is 11.0. The van der Waals surface area contributed by atoms with Gasteiger partial charge in [0.05, 0.1) is 17.6 Å². The minimum atomic E-state index is -0.390. The van der Waals surface area contributed by atoms with Gasteiger partial charge in [0.15, 0.2) is 0 Å². The van der Waals surface area contributed by atoms with Crippen LogP contribution in [-0.2, 0) is 9.59 Å². The van der Waals surface area contributed by atoms with Gasteiger partial charge in [-0.2, -0.15) is 0 Å². The Balaban J connectivity index is 1.09. The maximum atomic E-state index is 13.7. The molecule has 4 amide bonds. The molecule has 3 saturated heterocycles. The van der Waals surface area contributed by atoms with E-state index < -0.39 is 5.92 Å². The predicted octanol–water partition coefficient (Wildman–Crippen LogP) is 4.30. The van der Waals surface area contributed by atoms with Crippen LogP contribution in [-0.4, -0.2) is 70.8 Å². The molecule has 3 aromatic rings. The molecule has 0 saturated carbocycles. The molecule has 3 aliphatic rings. The molecule has 2 atom stereocenters. The van der Waals surface area contributed by atoms with Crippen molar-refractivity contribution >= 4 is 34.3 Å². The number of hydrogen-bond acceptors (Lipinski definition) is 4. The van der Waals surface area contributed by atoms with Gasteiger partial charge in [0.2, 0.25) is 11.8 Å². The lowest BCUT2D eigenvalue weighted by molar-refractivity contribution is -0.136. The number of rotatable bonds is 3. The van der Waals surface area contributed by atoms with Gasteiger partial charge in [-0.3, -0.25) is 14.6 Å². The third kappa shape index (κ3) is 4.38. The number of nitrogens with zero attached hydrogens (tertiary/aromatic N) is 4. The molecule has 8 heteroatoms. The van der Waals surface area contributed by atoms with E-state index in [2.05, 4.69) is 10.3 Å². The summed E-state index contributed by atoms with van der Waals surface area (Å²) in [6.07, 6.45) is 6.37.